The third-order valence-electron chi connectivity index (χ3n) is 6.85. The molecule has 0 aliphatic carbocycles. The molecule has 0 bridgehead atoms. The van der Waals surface area contributed by atoms with Crippen molar-refractivity contribution in [1.82, 2.24) is 9.80 Å². The number of carbonyl (C=O) groups excluding carboxylic acids is 4. The number of piperidine rings is 1. The summed E-state index contributed by atoms with van der Waals surface area (Å²) in [6.07, 6.45) is 1.22. The molecule has 2 aromatic rings. The van der Waals surface area contributed by atoms with Gasteiger partial charge in [0.15, 0.2) is 5.78 Å². The highest BCUT2D eigenvalue weighted by atomic mass is 16.5. The Kier molecular flexibility index (Phi) is 4.96. The summed E-state index contributed by atoms with van der Waals surface area (Å²) in [7, 11) is 1.55. The zero-order valence-electron chi connectivity index (χ0n) is 18.5. The van der Waals surface area contributed by atoms with Crippen LogP contribution in [0.15, 0.2) is 42.5 Å². The van der Waals surface area contributed by atoms with Crippen LogP contribution in [0.25, 0.3) is 0 Å². The molecule has 3 aliphatic rings. The van der Waals surface area contributed by atoms with Gasteiger partial charge in [-0.3, -0.25) is 24.1 Å². The molecular weight excluding hydrogens is 424 g/mol. The quantitative estimate of drug-likeness (QED) is 0.671. The van der Waals surface area contributed by atoms with E-state index in [0.29, 0.717) is 54.1 Å². The molecule has 5 rings (SSSR count). The first-order valence-electron chi connectivity index (χ1n) is 11.0. The Morgan fingerprint density at radius 2 is 1.64 bits per heavy atom. The van der Waals surface area contributed by atoms with Crippen molar-refractivity contribution in [3.8, 4) is 11.5 Å². The molecule has 1 spiro atoms. The van der Waals surface area contributed by atoms with Gasteiger partial charge in [0.25, 0.3) is 11.8 Å². The predicted molar refractivity (Wildman–Crippen MR) is 118 cm³/mol. The SMILES string of the molecule is COc1ccc2c(c1)C(=O)CC1(CCN(C(=O)C(C)N3C(=O)c4ccccc4C3=O)CC1)O2. The first kappa shape index (κ1) is 21.2. The number of hydrogen-bond donors (Lipinski definition) is 0. The Balaban J connectivity index is 1.28. The summed E-state index contributed by atoms with van der Waals surface area (Å²) in [6.45, 7) is 2.34. The maximum atomic E-state index is 13.2. The minimum Gasteiger partial charge on any atom is -0.497 e. The summed E-state index contributed by atoms with van der Waals surface area (Å²) in [5.74, 6) is -0.0484. The monoisotopic (exact) mass is 448 g/mol. The van der Waals surface area contributed by atoms with Crippen LogP contribution in [0.4, 0.5) is 0 Å². The van der Waals surface area contributed by atoms with Crippen molar-refractivity contribution in [2.75, 3.05) is 20.2 Å². The molecule has 8 nitrogen and oxygen atoms in total. The summed E-state index contributed by atoms with van der Waals surface area (Å²) in [5, 5.41) is 0. The van der Waals surface area contributed by atoms with Crippen LogP contribution in [0.5, 0.6) is 11.5 Å². The van der Waals surface area contributed by atoms with E-state index in [2.05, 4.69) is 0 Å². The van der Waals surface area contributed by atoms with Gasteiger partial charge in [-0.15, -0.1) is 0 Å². The first-order chi connectivity index (χ1) is 15.8. The van der Waals surface area contributed by atoms with Gasteiger partial charge in [0, 0.05) is 25.9 Å². The molecule has 3 aliphatic heterocycles. The number of rotatable bonds is 3. The lowest BCUT2D eigenvalue weighted by atomic mass is 9.82. The lowest BCUT2D eigenvalue weighted by Gasteiger charge is -2.44. The Bertz CT molecular complexity index is 1150. The van der Waals surface area contributed by atoms with E-state index in [9.17, 15) is 19.2 Å². The second kappa shape index (κ2) is 7.72. The highest BCUT2D eigenvalue weighted by Crippen LogP contribution is 2.40. The highest BCUT2D eigenvalue weighted by molar-refractivity contribution is 6.22. The van der Waals surface area contributed by atoms with Gasteiger partial charge in [0.2, 0.25) is 5.91 Å². The molecule has 170 valence electrons. The third kappa shape index (κ3) is 3.37. The molecule has 3 amide bonds. The number of fused-ring (bicyclic) bond motifs is 2. The lowest BCUT2D eigenvalue weighted by molar-refractivity contribution is -0.138. The highest BCUT2D eigenvalue weighted by Gasteiger charge is 2.46. The summed E-state index contributed by atoms with van der Waals surface area (Å²) < 4.78 is 11.5. The van der Waals surface area contributed by atoms with Crippen molar-refractivity contribution in [2.45, 2.75) is 37.8 Å². The van der Waals surface area contributed by atoms with Crippen LogP contribution in [0.1, 0.15) is 57.3 Å². The summed E-state index contributed by atoms with van der Waals surface area (Å²) in [5.41, 5.74) is 0.500. The van der Waals surface area contributed by atoms with Crippen molar-refractivity contribution in [3.63, 3.8) is 0 Å². The van der Waals surface area contributed by atoms with Crippen LogP contribution in [0.2, 0.25) is 0 Å². The zero-order valence-corrected chi connectivity index (χ0v) is 18.5. The van der Waals surface area contributed by atoms with Crippen LogP contribution in [-0.4, -0.2) is 65.1 Å². The molecular formula is C25H24N2O6. The number of amides is 3. The second-order valence-electron chi connectivity index (χ2n) is 8.77. The van der Waals surface area contributed by atoms with E-state index in [1.165, 1.54) is 0 Å². The van der Waals surface area contributed by atoms with E-state index in [-0.39, 0.29) is 18.1 Å². The van der Waals surface area contributed by atoms with Crippen molar-refractivity contribution < 1.29 is 28.7 Å². The fourth-order valence-corrected chi connectivity index (χ4v) is 4.95. The number of carbonyl (C=O) groups is 4. The maximum Gasteiger partial charge on any atom is 0.262 e. The number of Topliss-reactive ketones (excluding diaryl/α,β-unsaturated/α-hetero) is 1. The van der Waals surface area contributed by atoms with E-state index in [1.807, 2.05) is 0 Å². The molecule has 8 heteroatoms. The van der Waals surface area contributed by atoms with Gasteiger partial charge in [-0.05, 0) is 37.3 Å². The van der Waals surface area contributed by atoms with Crippen molar-refractivity contribution in [2.24, 2.45) is 0 Å². The van der Waals surface area contributed by atoms with Gasteiger partial charge >= 0.3 is 0 Å². The van der Waals surface area contributed by atoms with Crippen molar-refractivity contribution in [1.29, 1.82) is 0 Å². The maximum absolute atomic E-state index is 13.2. The summed E-state index contributed by atoms with van der Waals surface area (Å²) >= 11 is 0. The van der Waals surface area contributed by atoms with Crippen LogP contribution in [0, 0.1) is 0 Å². The molecule has 0 aromatic heterocycles. The van der Waals surface area contributed by atoms with E-state index < -0.39 is 23.5 Å². The average Bonchev–Trinajstić information content (AvgIpc) is 3.08. The molecule has 1 atom stereocenters. The Morgan fingerprint density at radius 3 is 2.24 bits per heavy atom. The van der Waals surface area contributed by atoms with Gasteiger partial charge in [-0.1, -0.05) is 12.1 Å². The van der Waals surface area contributed by atoms with Gasteiger partial charge in [0.05, 0.1) is 30.2 Å². The summed E-state index contributed by atoms with van der Waals surface area (Å²) in [6, 6.07) is 10.9. The number of benzene rings is 2. The smallest absolute Gasteiger partial charge is 0.262 e. The number of ether oxygens (including phenoxy) is 2. The number of methoxy groups -OCH3 is 1. The number of nitrogens with zero attached hydrogens (tertiary/aromatic N) is 2. The van der Waals surface area contributed by atoms with Crippen molar-refractivity contribution >= 4 is 23.5 Å². The Hall–Kier alpha value is -3.68. The predicted octanol–water partition coefficient (Wildman–Crippen LogP) is 2.71. The average molecular weight is 448 g/mol. The van der Waals surface area contributed by atoms with E-state index in [4.69, 9.17) is 9.47 Å². The van der Waals surface area contributed by atoms with E-state index >= 15 is 0 Å². The Labute approximate surface area is 191 Å². The summed E-state index contributed by atoms with van der Waals surface area (Å²) in [4.78, 5) is 54.2. The third-order valence-corrected chi connectivity index (χ3v) is 6.85. The molecule has 3 heterocycles. The van der Waals surface area contributed by atoms with Crippen LogP contribution >= 0.6 is 0 Å². The lowest BCUT2D eigenvalue weighted by Crippen LogP contribution is -2.56. The fourth-order valence-electron chi connectivity index (χ4n) is 4.95. The van der Waals surface area contributed by atoms with Gasteiger partial charge in [0.1, 0.15) is 23.1 Å². The normalized spacial score (nSPS) is 19.8. The first-order valence-corrected chi connectivity index (χ1v) is 11.0. The molecule has 0 saturated carbocycles. The topological polar surface area (TPSA) is 93.2 Å². The standard InChI is InChI=1S/C25H24N2O6/c1-15(27-23(30)17-5-3-4-6-18(17)24(27)31)22(29)26-11-9-25(10-12-26)14-20(28)19-13-16(32-2)7-8-21(19)33-25/h3-8,13,15H,9-12,14H2,1-2H3. The second-order valence-corrected chi connectivity index (χ2v) is 8.77. The van der Waals surface area contributed by atoms with Gasteiger partial charge < -0.3 is 14.4 Å². The number of likely N-dealkylation sites (tertiary alicyclic amines) is 1. The van der Waals surface area contributed by atoms with E-state index in [1.54, 1.807) is 61.4 Å². The molecule has 1 fully saturated rings. The number of hydrogen-bond acceptors (Lipinski definition) is 6. The molecule has 1 unspecified atom stereocenters. The van der Waals surface area contributed by atoms with Crippen LogP contribution in [-0.2, 0) is 4.79 Å². The number of imide groups is 1. The Morgan fingerprint density at radius 1 is 1.00 bits per heavy atom. The molecule has 0 N–H and O–H groups in total. The number of ketones is 1. The minimum absolute atomic E-state index is 0.00526. The molecule has 33 heavy (non-hydrogen) atoms. The van der Waals surface area contributed by atoms with Gasteiger partial charge in [-0.2, -0.15) is 0 Å². The fraction of sp³-hybridized carbons (Fsp3) is 0.360. The minimum atomic E-state index is -0.909. The zero-order chi connectivity index (χ0) is 23.3. The molecule has 1 saturated heterocycles. The van der Waals surface area contributed by atoms with Crippen molar-refractivity contribution in [3.05, 3.63) is 59.2 Å². The molecule has 0 radical (unpaired) electrons. The van der Waals surface area contributed by atoms with Crippen LogP contribution in [0.3, 0.4) is 0 Å². The van der Waals surface area contributed by atoms with Crippen LogP contribution < -0.4 is 9.47 Å². The van der Waals surface area contributed by atoms with E-state index in [0.717, 1.165) is 4.90 Å². The largest absolute Gasteiger partial charge is 0.497 e. The molecule has 2 aromatic carbocycles. The van der Waals surface area contributed by atoms with Gasteiger partial charge in [-0.25, -0.2) is 0 Å².